The maximum Gasteiger partial charge on any atom is 0.241 e. The zero-order valence-electron chi connectivity index (χ0n) is 16.1. The number of anilines is 1. The van der Waals surface area contributed by atoms with E-state index >= 15 is 0 Å². The highest BCUT2D eigenvalue weighted by atomic mass is 32.2. The maximum atomic E-state index is 12.4. The molecule has 0 radical (unpaired) electrons. The highest BCUT2D eigenvalue weighted by molar-refractivity contribution is 7.89. The molecule has 6 nitrogen and oxygen atoms in total. The Morgan fingerprint density at radius 2 is 1.59 bits per heavy atom. The molecule has 146 valence electrons. The van der Waals surface area contributed by atoms with E-state index in [0.29, 0.717) is 18.0 Å². The molecule has 0 aliphatic heterocycles. The minimum absolute atomic E-state index is 0.0622. The molecule has 0 saturated heterocycles. The van der Waals surface area contributed by atoms with Gasteiger partial charge in [-0.25, -0.2) is 13.1 Å². The van der Waals surface area contributed by atoms with Crippen LogP contribution in [0.15, 0.2) is 53.4 Å². The first-order valence-electron chi connectivity index (χ1n) is 8.75. The molecule has 0 bridgehead atoms. The Morgan fingerprint density at radius 3 is 2.11 bits per heavy atom. The maximum absolute atomic E-state index is 12.4. The van der Waals surface area contributed by atoms with Gasteiger partial charge in [-0.15, -0.1) is 0 Å². The number of ether oxygens (including phenoxy) is 1. The molecule has 2 N–H and O–H groups in total. The first-order valence-corrected chi connectivity index (χ1v) is 10.2. The van der Waals surface area contributed by atoms with Crippen LogP contribution in [-0.4, -0.2) is 27.5 Å². The average molecular weight is 391 g/mol. The molecule has 0 aromatic heterocycles. The molecule has 0 heterocycles. The molecule has 2 aromatic carbocycles. The molecule has 0 fully saturated rings. The van der Waals surface area contributed by atoms with Crippen molar-refractivity contribution in [3.05, 3.63) is 54.1 Å². The lowest BCUT2D eigenvalue weighted by atomic mass is 9.87. The molecule has 2 aromatic rings. The van der Waals surface area contributed by atoms with Gasteiger partial charge in [0.15, 0.2) is 0 Å². The number of hydrogen-bond donors (Lipinski definition) is 2. The van der Waals surface area contributed by atoms with Crippen molar-refractivity contribution >= 4 is 21.6 Å². The summed E-state index contributed by atoms with van der Waals surface area (Å²) < 4.78 is 32.4. The minimum Gasteiger partial charge on any atom is -0.494 e. The molecule has 27 heavy (non-hydrogen) atoms. The van der Waals surface area contributed by atoms with Crippen molar-refractivity contribution in [2.45, 2.75) is 38.0 Å². The number of hydrogen-bond acceptors (Lipinski definition) is 4. The molecule has 0 saturated carbocycles. The first kappa shape index (κ1) is 20.9. The van der Waals surface area contributed by atoms with E-state index in [1.54, 1.807) is 48.5 Å². The van der Waals surface area contributed by atoms with Gasteiger partial charge in [-0.05, 0) is 54.3 Å². The lowest BCUT2D eigenvalue weighted by Crippen LogP contribution is -2.32. The van der Waals surface area contributed by atoms with Crippen LogP contribution in [0, 0.1) is 0 Å². The predicted octanol–water partition coefficient (Wildman–Crippen LogP) is 3.30. The molecule has 0 spiro atoms. The molecule has 1 amide bonds. The van der Waals surface area contributed by atoms with Crippen LogP contribution in [0.3, 0.4) is 0 Å². The van der Waals surface area contributed by atoms with Crippen molar-refractivity contribution in [1.29, 1.82) is 0 Å². The summed E-state index contributed by atoms with van der Waals surface area (Å²) in [7, 11) is -3.75. The Labute approximate surface area is 161 Å². The van der Waals surface area contributed by atoms with Crippen LogP contribution in [0.2, 0.25) is 0 Å². The van der Waals surface area contributed by atoms with E-state index < -0.39 is 15.9 Å². The normalized spacial score (nSPS) is 11.9. The van der Waals surface area contributed by atoms with Crippen LogP contribution in [0.1, 0.15) is 33.3 Å². The second-order valence-corrected chi connectivity index (χ2v) is 8.87. The van der Waals surface area contributed by atoms with Crippen molar-refractivity contribution in [2.24, 2.45) is 0 Å². The highest BCUT2D eigenvalue weighted by Gasteiger charge is 2.18. The molecule has 2 rings (SSSR count). The van der Waals surface area contributed by atoms with Gasteiger partial charge in [0.1, 0.15) is 5.75 Å². The lowest BCUT2D eigenvalue weighted by Gasteiger charge is -2.19. The lowest BCUT2D eigenvalue weighted by molar-refractivity contribution is -0.115. The molecular formula is C20H26N2O4S. The largest absolute Gasteiger partial charge is 0.494 e. The average Bonchev–Trinajstić information content (AvgIpc) is 2.61. The second-order valence-electron chi connectivity index (χ2n) is 7.10. The SMILES string of the molecule is CCOc1ccc(NC(=O)CNS(=O)(=O)c2ccc(C(C)(C)C)cc2)cc1. The zero-order chi connectivity index (χ0) is 20.1. The third-order valence-electron chi connectivity index (χ3n) is 3.90. The summed E-state index contributed by atoms with van der Waals surface area (Å²) in [5, 5.41) is 2.64. The van der Waals surface area contributed by atoms with Gasteiger partial charge in [-0.3, -0.25) is 4.79 Å². The Kier molecular flexibility index (Phi) is 6.62. The first-order chi connectivity index (χ1) is 12.6. The number of amides is 1. The minimum atomic E-state index is -3.75. The molecular weight excluding hydrogens is 364 g/mol. The summed E-state index contributed by atoms with van der Waals surface area (Å²) in [4.78, 5) is 12.1. The van der Waals surface area contributed by atoms with E-state index in [1.807, 2.05) is 6.92 Å². The van der Waals surface area contributed by atoms with E-state index in [-0.39, 0.29) is 16.9 Å². The number of sulfonamides is 1. The van der Waals surface area contributed by atoms with Gasteiger partial charge in [0.05, 0.1) is 18.0 Å². The summed E-state index contributed by atoms with van der Waals surface area (Å²) in [5.41, 5.74) is 1.54. The number of rotatable bonds is 7. The van der Waals surface area contributed by atoms with Crippen LogP contribution in [0.25, 0.3) is 0 Å². The molecule has 0 aliphatic carbocycles. The quantitative estimate of drug-likeness (QED) is 0.760. The van der Waals surface area contributed by atoms with E-state index in [4.69, 9.17) is 4.74 Å². The van der Waals surface area contributed by atoms with Crippen molar-refractivity contribution in [3.63, 3.8) is 0 Å². The summed E-state index contributed by atoms with van der Waals surface area (Å²) >= 11 is 0. The number of nitrogens with one attached hydrogen (secondary N) is 2. The highest BCUT2D eigenvalue weighted by Crippen LogP contribution is 2.23. The zero-order valence-corrected chi connectivity index (χ0v) is 16.9. The van der Waals surface area contributed by atoms with Crippen molar-refractivity contribution in [2.75, 3.05) is 18.5 Å². The summed E-state index contributed by atoms with van der Waals surface area (Å²) in [6.07, 6.45) is 0. The number of carbonyl (C=O) groups is 1. The van der Waals surface area contributed by atoms with Gasteiger partial charge in [-0.1, -0.05) is 32.9 Å². The fourth-order valence-electron chi connectivity index (χ4n) is 2.38. The van der Waals surface area contributed by atoms with Crippen LogP contribution >= 0.6 is 0 Å². The smallest absolute Gasteiger partial charge is 0.241 e. The van der Waals surface area contributed by atoms with Gasteiger partial charge < -0.3 is 10.1 Å². The van der Waals surface area contributed by atoms with Gasteiger partial charge in [0, 0.05) is 5.69 Å². The van der Waals surface area contributed by atoms with E-state index in [0.717, 1.165) is 5.56 Å². The third kappa shape index (κ3) is 6.08. The van der Waals surface area contributed by atoms with Crippen molar-refractivity contribution in [3.8, 4) is 5.75 Å². The van der Waals surface area contributed by atoms with Gasteiger partial charge in [0.25, 0.3) is 0 Å². The van der Waals surface area contributed by atoms with Crippen LogP contribution in [0.5, 0.6) is 5.75 Å². The van der Waals surface area contributed by atoms with Crippen LogP contribution < -0.4 is 14.8 Å². The number of carbonyl (C=O) groups excluding carboxylic acids is 1. The summed E-state index contributed by atoms with van der Waals surface area (Å²) in [5.74, 6) is 0.254. The van der Waals surface area contributed by atoms with E-state index in [9.17, 15) is 13.2 Å². The van der Waals surface area contributed by atoms with Crippen molar-refractivity contribution in [1.82, 2.24) is 4.72 Å². The standard InChI is InChI=1S/C20H26N2O4S/c1-5-26-17-10-8-16(9-11-17)22-19(23)14-21-27(24,25)18-12-6-15(7-13-18)20(2,3)4/h6-13,21H,5,14H2,1-4H3,(H,22,23). The summed E-state index contributed by atoms with van der Waals surface area (Å²) in [6, 6.07) is 13.5. The summed E-state index contributed by atoms with van der Waals surface area (Å²) in [6.45, 7) is 8.26. The van der Waals surface area contributed by atoms with Crippen molar-refractivity contribution < 1.29 is 17.9 Å². The van der Waals surface area contributed by atoms with Crippen LogP contribution in [-0.2, 0) is 20.2 Å². The monoisotopic (exact) mass is 390 g/mol. The Morgan fingerprint density at radius 1 is 1.00 bits per heavy atom. The Bertz CT molecular complexity index is 868. The fraction of sp³-hybridized carbons (Fsp3) is 0.350. The molecule has 0 atom stereocenters. The Balaban J connectivity index is 1.95. The Hall–Kier alpha value is -2.38. The second kappa shape index (κ2) is 8.54. The predicted molar refractivity (Wildman–Crippen MR) is 107 cm³/mol. The van der Waals surface area contributed by atoms with Gasteiger partial charge in [-0.2, -0.15) is 0 Å². The molecule has 0 aliphatic rings. The molecule has 7 heteroatoms. The third-order valence-corrected chi connectivity index (χ3v) is 5.32. The van der Waals surface area contributed by atoms with Gasteiger partial charge in [0.2, 0.25) is 15.9 Å². The topological polar surface area (TPSA) is 84.5 Å². The van der Waals surface area contributed by atoms with Gasteiger partial charge >= 0.3 is 0 Å². The number of benzene rings is 2. The van der Waals surface area contributed by atoms with E-state index in [1.165, 1.54) is 0 Å². The van der Waals surface area contributed by atoms with Crippen LogP contribution in [0.4, 0.5) is 5.69 Å². The molecule has 0 unspecified atom stereocenters. The van der Waals surface area contributed by atoms with E-state index in [2.05, 4.69) is 30.8 Å². The fourth-order valence-corrected chi connectivity index (χ4v) is 3.37.